The van der Waals surface area contributed by atoms with Gasteiger partial charge in [-0.05, 0) is 40.5 Å². The lowest BCUT2D eigenvalue weighted by molar-refractivity contribution is 0.539. The number of halogens is 1. The number of anilines is 1. The third kappa shape index (κ3) is 3.20. The molecule has 0 spiro atoms. The summed E-state index contributed by atoms with van der Waals surface area (Å²) in [6.45, 7) is 1.88. The van der Waals surface area contributed by atoms with Gasteiger partial charge < -0.3 is 10.7 Å². The van der Waals surface area contributed by atoms with Crippen LogP contribution in [0.1, 0.15) is 25.2 Å². The van der Waals surface area contributed by atoms with Crippen LogP contribution >= 0.6 is 15.9 Å². The molecule has 0 aliphatic heterocycles. The maximum absolute atomic E-state index is 12.4. The van der Waals surface area contributed by atoms with Gasteiger partial charge in [-0.1, -0.05) is 6.92 Å². The van der Waals surface area contributed by atoms with Crippen LogP contribution < -0.4 is 10.5 Å². The second kappa shape index (κ2) is 5.94. The zero-order valence-corrected chi connectivity index (χ0v) is 13.2. The summed E-state index contributed by atoms with van der Waals surface area (Å²) in [5.41, 5.74) is 6.04. The highest BCUT2D eigenvalue weighted by Crippen LogP contribution is 2.26. The molecule has 1 unspecified atom stereocenters. The number of nitrogen functional groups attached to an aromatic ring is 1. The normalized spacial score (nSPS) is 13.3. The van der Waals surface area contributed by atoms with E-state index in [9.17, 15) is 8.42 Å². The molecule has 1 aromatic heterocycles. The van der Waals surface area contributed by atoms with Crippen LogP contribution in [0.5, 0.6) is 0 Å². The van der Waals surface area contributed by atoms with Crippen molar-refractivity contribution in [2.24, 2.45) is 0 Å². The van der Waals surface area contributed by atoms with E-state index >= 15 is 0 Å². The number of aromatic amines is 1. The number of imidazole rings is 1. The number of rotatable bonds is 5. The predicted octanol–water partition coefficient (Wildman–Crippen LogP) is 2.18. The fraction of sp³-hybridized carbons (Fsp3) is 0.250. The Morgan fingerprint density at radius 1 is 1.50 bits per heavy atom. The summed E-state index contributed by atoms with van der Waals surface area (Å²) in [6.07, 6.45) is 3.82. The van der Waals surface area contributed by atoms with E-state index in [4.69, 9.17) is 5.73 Å². The maximum atomic E-state index is 12.4. The van der Waals surface area contributed by atoms with Gasteiger partial charge in [-0.3, -0.25) is 0 Å². The third-order valence-corrected chi connectivity index (χ3v) is 5.27. The molecule has 0 radical (unpaired) electrons. The van der Waals surface area contributed by atoms with Gasteiger partial charge >= 0.3 is 0 Å². The second-order valence-electron chi connectivity index (χ2n) is 4.25. The Morgan fingerprint density at radius 2 is 2.25 bits per heavy atom. The Morgan fingerprint density at radius 3 is 2.85 bits per heavy atom. The van der Waals surface area contributed by atoms with Crippen LogP contribution in [0.25, 0.3) is 0 Å². The number of H-pyrrole nitrogens is 1. The minimum Gasteiger partial charge on any atom is -0.399 e. The van der Waals surface area contributed by atoms with Gasteiger partial charge in [0.05, 0.1) is 10.9 Å². The van der Waals surface area contributed by atoms with E-state index in [0.717, 1.165) is 0 Å². The van der Waals surface area contributed by atoms with Crippen molar-refractivity contribution in [2.45, 2.75) is 24.3 Å². The molecule has 2 aromatic rings. The predicted molar refractivity (Wildman–Crippen MR) is 80.5 cm³/mol. The van der Waals surface area contributed by atoms with Gasteiger partial charge in [-0.15, -0.1) is 0 Å². The maximum Gasteiger partial charge on any atom is 0.242 e. The van der Waals surface area contributed by atoms with Crippen LogP contribution in [0.2, 0.25) is 0 Å². The minimum absolute atomic E-state index is 0.113. The molecule has 0 aliphatic carbocycles. The van der Waals surface area contributed by atoms with Crippen LogP contribution in [0, 0.1) is 0 Å². The Hall–Kier alpha value is -1.38. The topological polar surface area (TPSA) is 101 Å². The number of nitrogens with zero attached hydrogens (tertiary/aromatic N) is 1. The second-order valence-corrected chi connectivity index (χ2v) is 6.78. The van der Waals surface area contributed by atoms with E-state index in [1.165, 1.54) is 6.07 Å². The molecule has 0 saturated carbocycles. The van der Waals surface area contributed by atoms with Crippen LogP contribution in [0.15, 0.2) is 40.0 Å². The smallest absolute Gasteiger partial charge is 0.242 e. The number of aromatic nitrogens is 2. The molecule has 108 valence electrons. The Labute approximate surface area is 126 Å². The molecule has 0 amide bonds. The number of hydrogen-bond donors (Lipinski definition) is 3. The van der Waals surface area contributed by atoms with E-state index in [1.54, 1.807) is 24.5 Å². The summed E-state index contributed by atoms with van der Waals surface area (Å²) in [6, 6.07) is 4.25. The fourth-order valence-electron chi connectivity index (χ4n) is 1.78. The molecule has 4 N–H and O–H groups in total. The average Bonchev–Trinajstić information content (AvgIpc) is 2.92. The van der Waals surface area contributed by atoms with E-state index in [0.29, 0.717) is 22.4 Å². The molecule has 0 aliphatic rings. The quantitative estimate of drug-likeness (QED) is 0.713. The average molecular weight is 359 g/mol. The molecule has 2 rings (SSSR count). The summed E-state index contributed by atoms with van der Waals surface area (Å²) >= 11 is 3.23. The van der Waals surface area contributed by atoms with E-state index in [1.807, 2.05) is 6.92 Å². The Balaban J connectivity index is 2.33. The van der Waals surface area contributed by atoms with Crippen molar-refractivity contribution in [3.05, 3.63) is 40.9 Å². The highest BCUT2D eigenvalue weighted by Gasteiger charge is 2.23. The van der Waals surface area contributed by atoms with E-state index in [-0.39, 0.29) is 4.90 Å². The van der Waals surface area contributed by atoms with Crippen molar-refractivity contribution in [1.82, 2.24) is 14.7 Å². The molecule has 1 aromatic carbocycles. The third-order valence-electron chi connectivity index (χ3n) is 2.80. The minimum atomic E-state index is -3.69. The van der Waals surface area contributed by atoms with Crippen molar-refractivity contribution in [2.75, 3.05) is 5.73 Å². The van der Waals surface area contributed by atoms with Gasteiger partial charge in [0.2, 0.25) is 10.0 Å². The van der Waals surface area contributed by atoms with Gasteiger partial charge in [-0.25, -0.2) is 18.1 Å². The van der Waals surface area contributed by atoms with E-state index < -0.39 is 16.1 Å². The van der Waals surface area contributed by atoms with Gasteiger partial charge in [-0.2, -0.15) is 0 Å². The van der Waals surface area contributed by atoms with Gasteiger partial charge in [0.1, 0.15) is 5.82 Å². The first-order chi connectivity index (χ1) is 9.44. The van der Waals surface area contributed by atoms with Crippen molar-refractivity contribution < 1.29 is 8.42 Å². The largest absolute Gasteiger partial charge is 0.399 e. The molecule has 6 nitrogen and oxygen atoms in total. The highest BCUT2D eigenvalue weighted by atomic mass is 79.9. The molecule has 0 bridgehead atoms. The zero-order chi connectivity index (χ0) is 14.8. The Bertz CT molecular complexity index is 685. The summed E-state index contributed by atoms with van der Waals surface area (Å²) in [5, 5.41) is 0. The number of benzene rings is 1. The van der Waals surface area contributed by atoms with Crippen molar-refractivity contribution in [3.63, 3.8) is 0 Å². The zero-order valence-electron chi connectivity index (χ0n) is 10.8. The first-order valence-corrected chi connectivity index (χ1v) is 8.28. The first-order valence-electron chi connectivity index (χ1n) is 6.00. The molecular weight excluding hydrogens is 344 g/mol. The van der Waals surface area contributed by atoms with Crippen molar-refractivity contribution >= 4 is 31.6 Å². The molecule has 0 fully saturated rings. The first kappa shape index (κ1) is 15.0. The summed E-state index contributed by atoms with van der Waals surface area (Å²) < 4.78 is 28.0. The molecule has 1 heterocycles. The standard InChI is InChI=1S/C12H15BrN4O2S/c1-2-10(12-15-5-6-16-12)17-20(18,19)11-7-8(14)3-4-9(11)13/h3-7,10,17H,2,14H2,1H3,(H,15,16). The molecular formula is C12H15BrN4O2S. The molecule has 20 heavy (non-hydrogen) atoms. The van der Waals surface area contributed by atoms with Gasteiger partial charge in [0, 0.05) is 22.6 Å². The van der Waals surface area contributed by atoms with Crippen LogP contribution in [-0.4, -0.2) is 18.4 Å². The van der Waals surface area contributed by atoms with Crippen LogP contribution in [0.3, 0.4) is 0 Å². The lowest BCUT2D eigenvalue weighted by atomic mass is 10.2. The lowest BCUT2D eigenvalue weighted by Gasteiger charge is -2.16. The van der Waals surface area contributed by atoms with E-state index in [2.05, 4.69) is 30.6 Å². The Kier molecular flexibility index (Phi) is 4.46. The van der Waals surface area contributed by atoms with Gasteiger partial charge in [0.15, 0.2) is 0 Å². The fourth-order valence-corrected chi connectivity index (χ4v) is 4.06. The highest BCUT2D eigenvalue weighted by molar-refractivity contribution is 9.10. The number of sulfonamides is 1. The van der Waals surface area contributed by atoms with Crippen LogP contribution in [-0.2, 0) is 10.0 Å². The molecule has 8 heteroatoms. The van der Waals surface area contributed by atoms with Gasteiger partial charge in [0.25, 0.3) is 0 Å². The van der Waals surface area contributed by atoms with Crippen molar-refractivity contribution in [1.29, 1.82) is 0 Å². The number of hydrogen-bond acceptors (Lipinski definition) is 4. The summed E-state index contributed by atoms with van der Waals surface area (Å²) in [7, 11) is -3.69. The van der Waals surface area contributed by atoms with Crippen molar-refractivity contribution in [3.8, 4) is 0 Å². The number of nitrogens with one attached hydrogen (secondary N) is 2. The molecule has 0 saturated heterocycles. The molecule has 1 atom stereocenters. The lowest BCUT2D eigenvalue weighted by Crippen LogP contribution is -2.29. The SMILES string of the molecule is CCC(NS(=O)(=O)c1cc(N)ccc1Br)c1ncc[nH]1. The monoisotopic (exact) mass is 358 g/mol. The van der Waals surface area contributed by atoms with Crippen LogP contribution in [0.4, 0.5) is 5.69 Å². The summed E-state index contributed by atoms with van der Waals surface area (Å²) in [5.74, 6) is 0.580. The summed E-state index contributed by atoms with van der Waals surface area (Å²) in [4.78, 5) is 7.11. The number of nitrogens with two attached hydrogens (primary N) is 1.